The first kappa shape index (κ1) is 13.4. The van der Waals surface area contributed by atoms with E-state index in [1.807, 2.05) is 0 Å². The molecule has 1 aromatic heterocycles. The molecule has 5 heteroatoms. The fourth-order valence-corrected chi connectivity index (χ4v) is 1.78. The fourth-order valence-electron chi connectivity index (χ4n) is 1.58. The predicted molar refractivity (Wildman–Crippen MR) is 68.3 cm³/mol. The van der Waals surface area contributed by atoms with Crippen molar-refractivity contribution in [1.29, 1.82) is 0 Å². The Morgan fingerprint density at radius 1 is 1.38 bits per heavy atom. The largest absolute Gasteiger partial charge is 0.396 e. The number of aliphatic hydroxyl groups is 1. The Bertz CT molecular complexity index is 286. The monoisotopic (exact) mass is 287 g/mol. The highest BCUT2D eigenvalue weighted by Crippen LogP contribution is 2.12. The first-order valence-electron chi connectivity index (χ1n) is 5.58. The molecule has 1 rings (SSSR count). The number of nitrogens with zero attached hydrogens (tertiary/aromatic N) is 2. The van der Waals surface area contributed by atoms with Crippen LogP contribution in [0, 0.1) is 5.92 Å². The van der Waals surface area contributed by atoms with Gasteiger partial charge >= 0.3 is 0 Å². The zero-order valence-corrected chi connectivity index (χ0v) is 11.1. The summed E-state index contributed by atoms with van der Waals surface area (Å²) in [5, 5.41) is 12.1. The van der Waals surface area contributed by atoms with Gasteiger partial charge in [-0.2, -0.15) is 0 Å². The lowest BCUT2D eigenvalue weighted by Gasteiger charge is -2.15. The van der Waals surface area contributed by atoms with Gasteiger partial charge in [-0.1, -0.05) is 13.3 Å². The van der Waals surface area contributed by atoms with E-state index in [4.69, 9.17) is 5.11 Å². The van der Waals surface area contributed by atoms with E-state index in [1.54, 1.807) is 12.4 Å². The molecule has 1 heterocycles. The van der Waals surface area contributed by atoms with Gasteiger partial charge in [0.15, 0.2) is 0 Å². The van der Waals surface area contributed by atoms with Gasteiger partial charge in [0, 0.05) is 25.5 Å². The van der Waals surface area contributed by atoms with Gasteiger partial charge in [-0.05, 0) is 34.7 Å². The summed E-state index contributed by atoms with van der Waals surface area (Å²) in [6.45, 7) is 3.21. The van der Waals surface area contributed by atoms with E-state index in [-0.39, 0.29) is 6.61 Å². The second-order valence-corrected chi connectivity index (χ2v) is 4.69. The van der Waals surface area contributed by atoms with Crippen LogP contribution in [0.1, 0.15) is 26.2 Å². The molecule has 0 fully saturated rings. The number of aromatic nitrogens is 2. The van der Waals surface area contributed by atoms with Gasteiger partial charge in [0.2, 0.25) is 5.95 Å². The van der Waals surface area contributed by atoms with E-state index >= 15 is 0 Å². The molecule has 16 heavy (non-hydrogen) atoms. The van der Waals surface area contributed by atoms with Crippen molar-refractivity contribution in [3.63, 3.8) is 0 Å². The van der Waals surface area contributed by atoms with Crippen LogP contribution in [0.4, 0.5) is 5.95 Å². The molecule has 0 saturated heterocycles. The van der Waals surface area contributed by atoms with E-state index < -0.39 is 0 Å². The topological polar surface area (TPSA) is 58.0 Å². The summed E-state index contributed by atoms with van der Waals surface area (Å²) >= 11 is 3.29. The minimum absolute atomic E-state index is 0.244. The highest BCUT2D eigenvalue weighted by Gasteiger charge is 2.07. The summed E-state index contributed by atoms with van der Waals surface area (Å²) < 4.78 is 0.874. The maximum absolute atomic E-state index is 8.93. The summed E-state index contributed by atoms with van der Waals surface area (Å²) in [6, 6.07) is 0. The van der Waals surface area contributed by atoms with E-state index in [1.165, 1.54) is 0 Å². The molecule has 0 saturated carbocycles. The van der Waals surface area contributed by atoms with Crippen LogP contribution in [0.15, 0.2) is 16.9 Å². The number of hydrogen-bond donors (Lipinski definition) is 2. The molecule has 0 aromatic carbocycles. The highest BCUT2D eigenvalue weighted by atomic mass is 79.9. The van der Waals surface area contributed by atoms with Crippen LogP contribution in [-0.4, -0.2) is 28.2 Å². The number of rotatable bonds is 7. The Morgan fingerprint density at radius 2 is 2.06 bits per heavy atom. The lowest BCUT2D eigenvalue weighted by atomic mass is 10.0. The van der Waals surface area contributed by atoms with Crippen molar-refractivity contribution < 1.29 is 5.11 Å². The molecule has 1 atom stereocenters. The molecule has 0 amide bonds. The smallest absolute Gasteiger partial charge is 0.222 e. The summed E-state index contributed by atoms with van der Waals surface area (Å²) in [5.41, 5.74) is 0. The number of halogens is 1. The minimum Gasteiger partial charge on any atom is -0.396 e. The Balaban J connectivity index is 2.38. The molecule has 1 unspecified atom stereocenters. The average molecular weight is 288 g/mol. The van der Waals surface area contributed by atoms with Gasteiger partial charge in [-0.3, -0.25) is 0 Å². The molecule has 2 N–H and O–H groups in total. The lowest BCUT2D eigenvalue weighted by Crippen LogP contribution is -2.16. The Morgan fingerprint density at radius 3 is 2.62 bits per heavy atom. The SMILES string of the molecule is CCCC(CCO)CNc1ncc(Br)cn1. The molecule has 0 aliphatic rings. The summed E-state index contributed by atoms with van der Waals surface area (Å²) in [4.78, 5) is 8.28. The molecule has 0 radical (unpaired) electrons. The van der Waals surface area contributed by atoms with Gasteiger partial charge in [0.25, 0.3) is 0 Å². The highest BCUT2D eigenvalue weighted by molar-refractivity contribution is 9.10. The first-order chi connectivity index (χ1) is 7.76. The number of anilines is 1. The van der Waals surface area contributed by atoms with Crippen molar-refractivity contribution in [1.82, 2.24) is 9.97 Å². The molecule has 0 aliphatic carbocycles. The average Bonchev–Trinajstić information content (AvgIpc) is 2.29. The van der Waals surface area contributed by atoms with Crippen molar-refractivity contribution in [3.8, 4) is 0 Å². The first-order valence-corrected chi connectivity index (χ1v) is 6.37. The Labute approximate surface area is 105 Å². The Hall–Kier alpha value is -0.680. The standard InChI is InChI=1S/C11H18BrN3O/c1-2-3-9(4-5-16)6-13-11-14-7-10(12)8-15-11/h7-9,16H,2-6H2,1H3,(H,13,14,15). The van der Waals surface area contributed by atoms with Crippen molar-refractivity contribution in [2.45, 2.75) is 26.2 Å². The third-order valence-corrected chi connectivity index (χ3v) is 2.81. The van der Waals surface area contributed by atoms with Crippen molar-refractivity contribution in [3.05, 3.63) is 16.9 Å². The van der Waals surface area contributed by atoms with Crippen LogP contribution in [0.2, 0.25) is 0 Å². The maximum Gasteiger partial charge on any atom is 0.222 e. The summed E-state index contributed by atoms with van der Waals surface area (Å²) in [6.07, 6.45) is 6.52. The molecule has 90 valence electrons. The fraction of sp³-hybridized carbons (Fsp3) is 0.636. The molecule has 0 spiro atoms. The predicted octanol–water partition coefficient (Wildman–Crippen LogP) is 2.45. The van der Waals surface area contributed by atoms with Gasteiger partial charge in [-0.25, -0.2) is 9.97 Å². The molecular formula is C11H18BrN3O. The third-order valence-electron chi connectivity index (χ3n) is 2.40. The summed E-state index contributed by atoms with van der Waals surface area (Å²) in [7, 11) is 0. The van der Waals surface area contributed by atoms with Crippen LogP contribution in [0.25, 0.3) is 0 Å². The number of hydrogen-bond acceptors (Lipinski definition) is 4. The zero-order chi connectivity index (χ0) is 11.8. The molecular weight excluding hydrogens is 270 g/mol. The maximum atomic E-state index is 8.93. The van der Waals surface area contributed by atoms with Gasteiger partial charge in [0.1, 0.15) is 0 Å². The van der Waals surface area contributed by atoms with Crippen molar-refractivity contribution >= 4 is 21.9 Å². The van der Waals surface area contributed by atoms with Gasteiger partial charge in [0.05, 0.1) is 4.47 Å². The third kappa shape index (κ3) is 4.90. The summed E-state index contributed by atoms with van der Waals surface area (Å²) in [5.74, 6) is 1.13. The van der Waals surface area contributed by atoms with Crippen LogP contribution < -0.4 is 5.32 Å². The second kappa shape index (κ2) is 7.57. The van der Waals surface area contributed by atoms with E-state index in [0.29, 0.717) is 11.9 Å². The van der Waals surface area contributed by atoms with E-state index in [2.05, 4.69) is 38.1 Å². The zero-order valence-electron chi connectivity index (χ0n) is 9.49. The quantitative estimate of drug-likeness (QED) is 0.809. The van der Waals surface area contributed by atoms with Gasteiger partial charge < -0.3 is 10.4 Å². The number of nitrogens with one attached hydrogen (secondary N) is 1. The molecule has 1 aromatic rings. The molecule has 0 aliphatic heterocycles. The Kier molecular flexibility index (Phi) is 6.33. The second-order valence-electron chi connectivity index (χ2n) is 3.77. The van der Waals surface area contributed by atoms with Crippen LogP contribution >= 0.6 is 15.9 Å². The minimum atomic E-state index is 0.244. The number of aliphatic hydroxyl groups excluding tert-OH is 1. The van der Waals surface area contributed by atoms with Crippen molar-refractivity contribution in [2.24, 2.45) is 5.92 Å². The van der Waals surface area contributed by atoms with Crippen LogP contribution in [-0.2, 0) is 0 Å². The van der Waals surface area contributed by atoms with Crippen molar-refractivity contribution in [2.75, 3.05) is 18.5 Å². The van der Waals surface area contributed by atoms with Crippen LogP contribution in [0.3, 0.4) is 0 Å². The molecule has 0 bridgehead atoms. The van der Waals surface area contributed by atoms with E-state index in [9.17, 15) is 0 Å². The normalized spacial score (nSPS) is 12.4. The molecule has 4 nitrogen and oxygen atoms in total. The van der Waals surface area contributed by atoms with E-state index in [0.717, 1.165) is 30.3 Å². The lowest BCUT2D eigenvalue weighted by molar-refractivity contribution is 0.255. The van der Waals surface area contributed by atoms with Crippen LogP contribution in [0.5, 0.6) is 0 Å². The van der Waals surface area contributed by atoms with Gasteiger partial charge in [-0.15, -0.1) is 0 Å².